The number of carbonyl (C=O) groups is 1. The van der Waals surface area contributed by atoms with Gasteiger partial charge in [0.05, 0.1) is 25.8 Å². The largest absolute Gasteiger partial charge is 0.496 e. The second kappa shape index (κ2) is 8.10. The highest BCUT2D eigenvalue weighted by Crippen LogP contribution is 2.45. The molecule has 2 aromatic rings. The number of hydrogen-bond donors (Lipinski definition) is 1. The summed E-state index contributed by atoms with van der Waals surface area (Å²) >= 11 is 1.65. The van der Waals surface area contributed by atoms with Crippen LogP contribution in [0.4, 0.5) is 0 Å². The molecule has 1 fully saturated rings. The van der Waals surface area contributed by atoms with Crippen molar-refractivity contribution in [3.8, 4) is 11.5 Å². The number of thiophene rings is 1. The summed E-state index contributed by atoms with van der Waals surface area (Å²) in [6.07, 6.45) is 2.59. The lowest BCUT2D eigenvalue weighted by atomic mass is 9.93. The van der Waals surface area contributed by atoms with Crippen LogP contribution in [0.2, 0.25) is 0 Å². The molecule has 0 aliphatic carbocycles. The van der Waals surface area contributed by atoms with Gasteiger partial charge in [-0.15, -0.1) is 11.3 Å². The normalized spacial score (nSPS) is 19.1. The highest BCUT2D eigenvalue weighted by molar-refractivity contribution is 7.10. The number of piperidine rings is 1. The van der Waals surface area contributed by atoms with Crippen molar-refractivity contribution in [3.63, 3.8) is 0 Å². The van der Waals surface area contributed by atoms with E-state index >= 15 is 0 Å². The van der Waals surface area contributed by atoms with Crippen LogP contribution in [0.15, 0.2) is 29.6 Å². The fourth-order valence-corrected chi connectivity index (χ4v) is 4.84. The number of aliphatic carboxylic acids is 1. The van der Waals surface area contributed by atoms with Crippen molar-refractivity contribution in [1.29, 1.82) is 0 Å². The molecule has 0 bridgehead atoms. The van der Waals surface area contributed by atoms with Crippen molar-refractivity contribution < 1.29 is 19.4 Å². The third-order valence-electron chi connectivity index (χ3n) is 5.05. The van der Waals surface area contributed by atoms with Crippen molar-refractivity contribution in [2.75, 3.05) is 20.8 Å². The molecule has 2 heterocycles. The minimum Gasteiger partial charge on any atom is -0.496 e. The van der Waals surface area contributed by atoms with Gasteiger partial charge in [-0.2, -0.15) is 0 Å². The molecule has 3 rings (SSSR count). The number of carboxylic acid groups (broad SMARTS) is 1. The predicted molar refractivity (Wildman–Crippen MR) is 102 cm³/mol. The van der Waals surface area contributed by atoms with E-state index in [-0.39, 0.29) is 6.04 Å². The lowest BCUT2D eigenvalue weighted by Crippen LogP contribution is -2.47. The van der Waals surface area contributed by atoms with Crippen LogP contribution >= 0.6 is 11.3 Å². The van der Waals surface area contributed by atoms with Crippen molar-refractivity contribution in [3.05, 3.63) is 45.6 Å². The van der Waals surface area contributed by atoms with E-state index < -0.39 is 12.0 Å². The smallest absolute Gasteiger partial charge is 0.320 e. The van der Waals surface area contributed by atoms with E-state index in [0.717, 1.165) is 46.9 Å². The first-order valence-corrected chi connectivity index (χ1v) is 9.69. The zero-order chi connectivity index (χ0) is 18.7. The van der Waals surface area contributed by atoms with Crippen molar-refractivity contribution in [1.82, 2.24) is 4.90 Å². The highest BCUT2D eigenvalue weighted by atomic mass is 32.1. The molecule has 1 aliphatic rings. The fraction of sp³-hybridized carbons (Fsp3) is 0.450. The number of aryl methyl sites for hydroxylation is 1. The maximum absolute atomic E-state index is 12.0. The first-order chi connectivity index (χ1) is 12.6. The van der Waals surface area contributed by atoms with Gasteiger partial charge in [0.2, 0.25) is 0 Å². The van der Waals surface area contributed by atoms with Gasteiger partial charge in [0.15, 0.2) is 0 Å². The Morgan fingerprint density at radius 3 is 2.46 bits per heavy atom. The molecule has 2 unspecified atom stereocenters. The van der Waals surface area contributed by atoms with Crippen LogP contribution in [0.3, 0.4) is 0 Å². The summed E-state index contributed by atoms with van der Waals surface area (Å²) in [5, 5.41) is 11.9. The number of methoxy groups -OCH3 is 2. The number of carboxylic acids is 1. The minimum absolute atomic E-state index is 0.206. The molecule has 2 atom stereocenters. The Morgan fingerprint density at radius 1 is 1.23 bits per heavy atom. The Balaban J connectivity index is 2.20. The second-order valence-electron chi connectivity index (χ2n) is 6.53. The van der Waals surface area contributed by atoms with Gasteiger partial charge < -0.3 is 14.6 Å². The Morgan fingerprint density at radius 2 is 1.92 bits per heavy atom. The molecule has 1 aromatic heterocycles. The molecular formula is C20H25NO4S. The average molecular weight is 375 g/mol. The fourth-order valence-electron chi connectivity index (χ4n) is 3.79. The molecule has 140 valence electrons. The van der Waals surface area contributed by atoms with E-state index in [2.05, 4.69) is 23.3 Å². The second-order valence-corrected chi connectivity index (χ2v) is 7.48. The van der Waals surface area contributed by atoms with Crippen LogP contribution in [-0.2, 0) is 4.79 Å². The molecule has 26 heavy (non-hydrogen) atoms. The molecule has 6 heteroatoms. The van der Waals surface area contributed by atoms with E-state index in [1.165, 1.54) is 0 Å². The average Bonchev–Trinajstić information content (AvgIpc) is 3.08. The molecule has 1 N–H and O–H groups in total. The number of benzene rings is 1. The predicted octanol–water partition coefficient (Wildman–Crippen LogP) is 4.10. The molecule has 0 radical (unpaired) electrons. The van der Waals surface area contributed by atoms with E-state index in [1.807, 2.05) is 18.2 Å². The summed E-state index contributed by atoms with van der Waals surface area (Å²) in [6, 6.07) is 7.08. The Bertz CT molecular complexity index is 751. The summed E-state index contributed by atoms with van der Waals surface area (Å²) < 4.78 is 11.3. The SMILES string of the molecule is COc1cccc(OC)c1C(c1sccc1C)N1CCCCC1C(=O)O. The lowest BCUT2D eigenvalue weighted by Gasteiger charge is -2.40. The van der Waals surface area contributed by atoms with E-state index in [0.29, 0.717) is 6.42 Å². The summed E-state index contributed by atoms with van der Waals surface area (Å²) in [4.78, 5) is 15.2. The van der Waals surface area contributed by atoms with Crippen LogP contribution in [0.25, 0.3) is 0 Å². The molecule has 1 aliphatic heterocycles. The summed E-state index contributed by atoms with van der Waals surface area (Å²) in [7, 11) is 3.28. The summed E-state index contributed by atoms with van der Waals surface area (Å²) in [5.41, 5.74) is 2.05. The first kappa shape index (κ1) is 18.7. The maximum Gasteiger partial charge on any atom is 0.320 e. The van der Waals surface area contributed by atoms with Gasteiger partial charge in [0, 0.05) is 4.88 Å². The number of rotatable bonds is 6. The van der Waals surface area contributed by atoms with Crippen LogP contribution in [0.5, 0.6) is 11.5 Å². The summed E-state index contributed by atoms with van der Waals surface area (Å²) in [5.74, 6) is 0.673. The van der Waals surface area contributed by atoms with E-state index in [4.69, 9.17) is 9.47 Å². The number of hydrogen-bond acceptors (Lipinski definition) is 5. The Hall–Kier alpha value is -2.05. The standard InChI is InChI=1S/C20H25NO4S/c1-13-10-12-26-19(13)18(21-11-5-4-7-14(21)20(22)23)17-15(24-2)8-6-9-16(17)25-3/h6,8-10,12,14,18H,4-5,7,11H2,1-3H3,(H,22,23). The molecule has 0 saturated carbocycles. The molecule has 0 amide bonds. The quantitative estimate of drug-likeness (QED) is 0.824. The third kappa shape index (κ3) is 3.44. The molecule has 1 saturated heterocycles. The molecule has 0 spiro atoms. The topological polar surface area (TPSA) is 59.0 Å². The van der Waals surface area contributed by atoms with Gasteiger partial charge in [-0.3, -0.25) is 9.69 Å². The highest BCUT2D eigenvalue weighted by Gasteiger charge is 2.38. The first-order valence-electron chi connectivity index (χ1n) is 8.82. The van der Waals surface area contributed by atoms with Crippen LogP contribution < -0.4 is 9.47 Å². The van der Waals surface area contributed by atoms with Crippen LogP contribution in [0, 0.1) is 6.92 Å². The van der Waals surface area contributed by atoms with Crippen molar-refractivity contribution >= 4 is 17.3 Å². The summed E-state index contributed by atoms with van der Waals surface area (Å²) in [6.45, 7) is 2.81. The van der Waals surface area contributed by atoms with Crippen LogP contribution in [0.1, 0.15) is 41.3 Å². The van der Waals surface area contributed by atoms with E-state index in [9.17, 15) is 9.90 Å². The number of nitrogens with zero attached hydrogens (tertiary/aromatic N) is 1. The van der Waals surface area contributed by atoms with Gasteiger partial charge in [-0.05, 0) is 55.5 Å². The molecule has 1 aromatic carbocycles. The minimum atomic E-state index is -0.766. The number of ether oxygens (including phenoxy) is 2. The van der Waals surface area contributed by atoms with Crippen molar-refractivity contribution in [2.45, 2.75) is 38.3 Å². The van der Waals surface area contributed by atoms with Crippen LogP contribution in [-0.4, -0.2) is 42.8 Å². The van der Waals surface area contributed by atoms with E-state index in [1.54, 1.807) is 25.6 Å². The number of likely N-dealkylation sites (tertiary alicyclic amines) is 1. The van der Waals surface area contributed by atoms with Crippen molar-refractivity contribution in [2.24, 2.45) is 0 Å². The maximum atomic E-state index is 12.0. The van der Waals surface area contributed by atoms with Gasteiger partial charge in [-0.25, -0.2) is 0 Å². The third-order valence-corrected chi connectivity index (χ3v) is 6.12. The Labute approximate surface area is 158 Å². The van der Waals surface area contributed by atoms with Gasteiger partial charge in [0.25, 0.3) is 0 Å². The van der Waals surface area contributed by atoms with Gasteiger partial charge >= 0.3 is 5.97 Å². The monoisotopic (exact) mass is 375 g/mol. The Kier molecular flexibility index (Phi) is 5.84. The van der Waals surface area contributed by atoms with Gasteiger partial charge in [0.1, 0.15) is 17.5 Å². The molecule has 5 nitrogen and oxygen atoms in total. The van der Waals surface area contributed by atoms with Gasteiger partial charge in [-0.1, -0.05) is 12.5 Å². The zero-order valence-electron chi connectivity index (χ0n) is 15.4. The molecular weight excluding hydrogens is 350 g/mol. The lowest BCUT2D eigenvalue weighted by molar-refractivity contribution is -0.145. The zero-order valence-corrected chi connectivity index (χ0v) is 16.2.